The molecule has 1 nitrogen and oxygen atoms in total. The predicted octanol–water partition coefficient (Wildman–Crippen LogP) is 2.90. The summed E-state index contributed by atoms with van der Waals surface area (Å²) < 4.78 is 0. The minimum atomic E-state index is 0.693. The van der Waals surface area contributed by atoms with Gasteiger partial charge in [-0.15, -0.1) is 0 Å². The first kappa shape index (κ1) is 9.24. The molecule has 0 spiro atoms. The molecule has 1 aromatic heterocycles. The van der Waals surface area contributed by atoms with Crippen LogP contribution in [-0.2, 0) is 6.42 Å². The molecule has 0 unspecified atom stereocenters. The zero-order valence-electron chi connectivity index (χ0n) is 8.39. The highest BCUT2D eigenvalue weighted by atomic mass is 14.7. The summed E-state index contributed by atoms with van der Waals surface area (Å²) in [6.07, 6.45) is 1.09. The van der Waals surface area contributed by atoms with Gasteiger partial charge in [-0.05, 0) is 37.8 Å². The minimum Gasteiger partial charge on any atom is -0.258 e. The van der Waals surface area contributed by atoms with Crippen LogP contribution in [0.1, 0.15) is 30.8 Å². The van der Waals surface area contributed by atoms with Crippen LogP contribution in [0.15, 0.2) is 12.1 Å². The van der Waals surface area contributed by atoms with Crippen molar-refractivity contribution in [1.29, 1.82) is 0 Å². The highest BCUT2D eigenvalue weighted by Crippen LogP contribution is 2.11. The summed E-state index contributed by atoms with van der Waals surface area (Å²) >= 11 is 0. The van der Waals surface area contributed by atoms with Gasteiger partial charge in [0.15, 0.2) is 0 Å². The van der Waals surface area contributed by atoms with E-state index < -0.39 is 0 Å². The molecule has 0 fully saturated rings. The van der Waals surface area contributed by atoms with E-state index in [-0.39, 0.29) is 0 Å². The molecule has 0 aliphatic carbocycles. The van der Waals surface area contributed by atoms with Crippen molar-refractivity contribution in [3.8, 4) is 0 Å². The second kappa shape index (κ2) is 3.70. The molecule has 1 heterocycles. The van der Waals surface area contributed by atoms with E-state index >= 15 is 0 Å². The Morgan fingerprint density at radius 1 is 1.25 bits per heavy atom. The minimum absolute atomic E-state index is 0.693. The summed E-state index contributed by atoms with van der Waals surface area (Å²) in [5.74, 6) is 0.693. The fourth-order valence-electron chi connectivity index (χ4n) is 1.27. The van der Waals surface area contributed by atoms with Gasteiger partial charge in [-0.1, -0.05) is 19.9 Å². The van der Waals surface area contributed by atoms with Crippen molar-refractivity contribution in [2.75, 3.05) is 0 Å². The van der Waals surface area contributed by atoms with E-state index in [1.165, 1.54) is 11.3 Å². The lowest BCUT2D eigenvalue weighted by atomic mass is 10.0. The van der Waals surface area contributed by atoms with Gasteiger partial charge >= 0.3 is 0 Å². The van der Waals surface area contributed by atoms with Crippen molar-refractivity contribution in [2.24, 2.45) is 5.92 Å². The maximum absolute atomic E-state index is 4.51. The van der Waals surface area contributed by atoms with Crippen molar-refractivity contribution >= 4 is 0 Å². The summed E-state index contributed by atoms with van der Waals surface area (Å²) in [6.45, 7) is 8.63. The second-order valence-corrected chi connectivity index (χ2v) is 3.81. The van der Waals surface area contributed by atoms with Gasteiger partial charge in [0.05, 0.1) is 0 Å². The lowest BCUT2D eigenvalue weighted by Crippen LogP contribution is -2.00. The largest absolute Gasteiger partial charge is 0.258 e. The topological polar surface area (TPSA) is 12.9 Å². The number of hydrogen-bond donors (Lipinski definition) is 0. The molecule has 66 valence electrons. The van der Waals surface area contributed by atoms with Crippen LogP contribution in [-0.4, -0.2) is 4.98 Å². The third-order valence-corrected chi connectivity index (χ3v) is 1.94. The Morgan fingerprint density at radius 2 is 1.92 bits per heavy atom. The molecule has 1 aromatic rings. The summed E-state index contributed by atoms with van der Waals surface area (Å²) in [7, 11) is 0. The molecule has 12 heavy (non-hydrogen) atoms. The fraction of sp³-hybridized carbons (Fsp3) is 0.545. The first-order valence-electron chi connectivity index (χ1n) is 4.52. The summed E-state index contributed by atoms with van der Waals surface area (Å²) in [6, 6.07) is 4.22. The van der Waals surface area contributed by atoms with Crippen LogP contribution < -0.4 is 0 Å². The van der Waals surface area contributed by atoms with Gasteiger partial charge in [-0.25, -0.2) is 0 Å². The summed E-state index contributed by atoms with van der Waals surface area (Å²) in [4.78, 5) is 4.51. The van der Waals surface area contributed by atoms with E-state index in [9.17, 15) is 0 Å². The molecular formula is C11H17N. The number of hydrogen-bond acceptors (Lipinski definition) is 1. The first-order chi connectivity index (χ1) is 5.59. The van der Waals surface area contributed by atoms with Crippen molar-refractivity contribution in [2.45, 2.75) is 34.1 Å². The van der Waals surface area contributed by atoms with Crippen LogP contribution in [0, 0.1) is 19.8 Å². The Labute approximate surface area is 74.8 Å². The Morgan fingerprint density at radius 3 is 2.50 bits per heavy atom. The standard InChI is InChI=1S/C11H17N/c1-8(2)7-11-9(3)5-6-10(4)12-11/h5-6,8H,7H2,1-4H3. The van der Waals surface area contributed by atoms with Crippen LogP contribution in [0.2, 0.25) is 0 Å². The van der Waals surface area contributed by atoms with Crippen molar-refractivity contribution in [1.82, 2.24) is 4.98 Å². The zero-order chi connectivity index (χ0) is 9.14. The highest BCUT2D eigenvalue weighted by molar-refractivity contribution is 5.21. The number of rotatable bonds is 2. The molecule has 0 aliphatic heterocycles. The molecular weight excluding hydrogens is 146 g/mol. The van der Waals surface area contributed by atoms with Gasteiger partial charge in [0.2, 0.25) is 0 Å². The first-order valence-corrected chi connectivity index (χ1v) is 4.52. The van der Waals surface area contributed by atoms with Gasteiger partial charge in [-0.2, -0.15) is 0 Å². The van der Waals surface area contributed by atoms with Crippen LogP contribution in [0.25, 0.3) is 0 Å². The third kappa shape index (κ3) is 2.33. The van der Waals surface area contributed by atoms with Crippen molar-refractivity contribution in [3.63, 3.8) is 0 Å². The van der Waals surface area contributed by atoms with E-state index in [4.69, 9.17) is 0 Å². The van der Waals surface area contributed by atoms with Gasteiger partial charge in [-0.3, -0.25) is 4.98 Å². The van der Waals surface area contributed by atoms with Crippen LogP contribution in [0.3, 0.4) is 0 Å². The van der Waals surface area contributed by atoms with E-state index in [0.29, 0.717) is 5.92 Å². The Bertz CT molecular complexity index is 264. The Balaban J connectivity index is 2.90. The molecule has 0 radical (unpaired) electrons. The fourth-order valence-corrected chi connectivity index (χ4v) is 1.27. The molecule has 0 atom stereocenters. The number of pyridine rings is 1. The lowest BCUT2D eigenvalue weighted by Gasteiger charge is -2.07. The van der Waals surface area contributed by atoms with Crippen molar-refractivity contribution < 1.29 is 0 Å². The maximum atomic E-state index is 4.51. The van der Waals surface area contributed by atoms with Crippen LogP contribution in [0.5, 0.6) is 0 Å². The number of aromatic nitrogens is 1. The maximum Gasteiger partial charge on any atom is 0.0438 e. The molecule has 1 heteroatoms. The third-order valence-electron chi connectivity index (χ3n) is 1.94. The summed E-state index contributed by atoms with van der Waals surface area (Å²) in [5.41, 5.74) is 3.69. The quantitative estimate of drug-likeness (QED) is 0.653. The average Bonchev–Trinajstić information content (AvgIpc) is 1.96. The average molecular weight is 163 g/mol. The molecule has 0 aliphatic rings. The van der Waals surface area contributed by atoms with Gasteiger partial charge in [0.25, 0.3) is 0 Å². The molecule has 0 saturated heterocycles. The van der Waals surface area contributed by atoms with Gasteiger partial charge in [0.1, 0.15) is 0 Å². The Hall–Kier alpha value is -0.850. The van der Waals surface area contributed by atoms with Crippen molar-refractivity contribution in [3.05, 3.63) is 29.1 Å². The number of nitrogens with zero attached hydrogens (tertiary/aromatic N) is 1. The van der Waals surface area contributed by atoms with Gasteiger partial charge in [0, 0.05) is 11.4 Å². The van der Waals surface area contributed by atoms with E-state index in [1.807, 2.05) is 6.92 Å². The summed E-state index contributed by atoms with van der Waals surface area (Å²) in [5, 5.41) is 0. The van der Waals surface area contributed by atoms with Crippen LogP contribution >= 0.6 is 0 Å². The molecule has 0 saturated carbocycles. The molecule has 1 rings (SSSR count). The second-order valence-electron chi connectivity index (χ2n) is 3.81. The molecule has 0 aromatic carbocycles. The molecule has 0 bridgehead atoms. The van der Waals surface area contributed by atoms with E-state index in [2.05, 4.69) is 37.9 Å². The normalized spacial score (nSPS) is 10.8. The Kier molecular flexibility index (Phi) is 2.85. The van der Waals surface area contributed by atoms with Gasteiger partial charge < -0.3 is 0 Å². The SMILES string of the molecule is Cc1ccc(C)c(CC(C)C)n1. The molecule has 0 amide bonds. The van der Waals surface area contributed by atoms with Crippen LogP contribution in [0.4, 0.5) is 0 Å². The lowest BCUT2D eigenvalue weighted by molar-refractivity contribution is 0.631. The van der Waals surface area contributed by atoms with E-state index in [0.717, 1.165) is 12.1 Å². The zero-order valence-corrected chi connectivity index (χ0v) is 8.39. The number of aryl methyl sites for hydroxylation is 2. The predicted molar refractivity (Wildman–Crippen MR) is 52.3 cm³/mol. The highest BCUT2D eigenvalue weighted by Gasteiger charge is 2.02. The molecule has 0 N–H and O–H groups in total. The monoisotopic (exact) mass is 163 g/mol. The smallest absolute Gasteiger partial charge is 0.0438 e. The van der Waals surface area contributed by atoms with E-state index in [1.54, 1.807) is 0 Å².